The topological polar surface area (TPSA) is 58.2 Å². The maximum absolute atomic E-state index is 12.7. The first-order valence-electron chi connectivity index (χ1n) is 10.5. The number of benzene rings is 2. The minimum atomic E-state index is -0.524. The zero-order valence-electron chi connectivity index (χ0n) is 18.5. The Bertz CT molecular complexity index is 798. The molecule has 0 saturated heterocycles. The van der Waals surface area contributed by atoms with Crippen molar-refractivity contribution in [3.05, 3.63) is 71.3 Å². The lowest BCUT2D eigenvalue weighted by Gasteiger charge is -2.20. The van der Waals surface area contributed by atoms with E-state index in [0.29, 0.717) is 18.5 Å². The predicted octanol–water partition coefficient (Wildman–Crippen LogP) is 4.58. The number of rotatable bonds is 10. The summed E-state index contributed by atoms with van der Waals surface area (Å²) in [6.07, 6.45) is 4.40. The van der Waals surface area contributed by atoms with Crippen LogP contribution in [0, 0.1) is 0 Å². The predicted molar refractivity (Wildman–Crippen MR) is 127 cm³/mol. The van der Waals surface area contributed by atoms with Crippen molar-refractivity contribution in [2.24, 2.45) is 0 Å². The van der Waals surface area contributed by atoms with Crippen LogP contribution in [0.3, 0.4) is 0 Å². The molecule has 0 aromatic heterocycles. The van der Waals surface area contributed by atoms with E-state index in [9.17, 15) is 9.59 Å². The number of hydrogen-bond acceptors (Lipinski definition) is 3. The van der Waals surface area contributed by atoms with Gasteiger partial charge in [0.05, 0.1) is 0 Å². The van der Waals surface area contributed by atoms with Crippen LogP contribution in [-0.4, -0.2) is 36.4 Å². The van der Waals surface area contributed by atoms with Gasteiger partial charge in [-0.3, -0.25) is 9.59 Å². The van der Waals surface area contributed by atoms with E-state index in [1.54, 1.807) is 11.8 Å². The lowest BCUT2D eigenvalue weighted by molar-refractivity contribution is -0.123. The van der Waals surface area contributed by atoms with Gasteiger partial charge in [-0.25, -0.2) is 0 Å². The second kappa shape index (κ2) is 11.8. The second-order valence-corrected chi connectivity index (χ2v) is 9.50. The van der Waals surface area contributed by atoms with Crippen molar-refractivity contribution < 1.29 is 9.59 Å². The highest BCUT2D eigenvalue weighted by molar-refractivity contribution is 7.98. The maximum atomic E-state index is 12.7. The Morgan fingerprint density at radius 2 is 1.67 bits per heavy atom. The van der Waals surface area contributed by atoms with Gasteiger partial charge in [-0.1, -0.05) is 63.2 Å². The lowest BCUT2D eigenvalue weighted by atomic mass is 9.86. The summed E-state index contributed by atoms with van der Waals surface area (Å²) in [6.45, 7) is 7.02. The Morgan fingerprint density at radius 3 is 2.27 bits per heavy atom. The van der Waals surface area contributed by atoms with E-state index in [1.807, 2.05) is 48.7 Å². The van der Waals surface area contributed by atoms with E-state index in [0.717, 1.165) is 18.6 Å². The smallest absolute Gasteiger partial charge is 0.251 e. The lowest BCUT2D eigenvalue weighted by Crippen LogP contribution is -2.47. The Hall–Kier alpha value is -2.27. The molecule has 2 aromatic carbocycles. The molecular weight excluding hydrogens is 392 g/mol. The summed E-state index contributed by atoms with van der Waals surface area (Å²) in [7, 11) is 0. The van der Waals surface area contributed by atoms with Gasteiger partial charge in [-0.15, -0.1) is 0 Å². The van der Waals surface area contributed by atoms with Gasteiger partial charge in [0.25, 0.3) is 5.91 Å². The molecule has 30 heavy (non-hydrogen) atoms. The van der Waals surface area contributed by atoms with Crippen molar-refractivity contribution in [1.29, 1.82) is 0 Å². The summed E-state index contributed by atoms with van der Waals surface area (Å²) in [5, 5.41) is 5.91. The molecule has 0 aliphatic rings. The van der Waals surface area contributed by atoms with Crippen molar-refractivity contribution in [3.8, 4) is 0 Å². The summed E-state index contributed by atoms with van der Waals surface area (Å²) in [5.41, 5.74) is 3.05. The van der Waals surface area contributed by atoms with Crippen molar-refractivity contribution in [3.63, 3.8) is 0 Å². The van der Waals surface area contributed by atoms with Gasteiger partial charge >= 0.3 is 0 Å². The number of hydrogen-bond donors (Lipinski definition) is 2. The standard InChI is InChI=1S/C25H34N2O2S/c1-25(2,3)21-14-12-20(13-15-21)23(28)27-22(16-18-30-4)24(29)26-17-8-11-19-9-6-5-7-10-19/h5-7,9-10,12-15,22H,8,11,16-18H2,1-4H3,(H,26,29)(H,27,28)/t22-/m0/s1. The molecule has 0 saturated carbocycles. The van der Waals surface area contributed by atoms with Crippen LogP contribution in [0.15, 0.2) is 54.6 Å². The van der Waals surface area contributed by atoms with Crippen molar-refractivity contribution in [2.75, 3.05) is 18.6 Å². The van der Waals surface area contributed by atoms with Gasteiger partial charge in [-0.05, 0) is 59.9 Å². The van der Waals surface area contributed by atoms with Crippen molar-refractivity contribution >= 4 is 23.6 Å². The Balaban J connectivity index is 1.90. The van der Waals surface area contributed by atoms with Gasteiger partial charge in [0, 0.05) is 12.1 Å². The average molecular weight is 427 g/mol. The van der Waals surface area contributed by atoms with Gasteiger partial charge < -0.3 is 10.6 Å². The van der Waals surface area contributed by atoms with E-state index >= 15 is 0 Å². The van der Waals surface area contributed by atoms with Crippen LogP contribution in [0.1, 0.15) is 55.1 Å². The first-order chi connectivity index (χ1) is 14.3. The molecule has 0 fully saturated rings. The number of carbonyl (C=O) groups excluding carboxylic acids is 2. The molecule has 2 aromatic rings. The molecule has 2 N–H and O–H groups in total. The fourth-order valence-corrected chi connectivity index (χ4v) is 3.61. The van der Waals surface area contributed by atoms with Crippen molar-refractivity contribution in [1.82, 2.24) is 10.6 Å². The molecule has 2 rings (SSSR count). The average Bonchev–Trinajstić information content (AvgIpc) is 2.74. The molecule has 0 aliphatic carbocycles. The van der Waals surface area contributed by atoms with E-state index in [4.69, 9.17) is 0 Å². The summed E-state index contributed by atoms with van der Waals surface area (Å²) in [4.78, 5) is 25.4. The Labute approximate surface area is 185 Å². The summed E-state index contributed by atoms with van der Waals surface area (Å²) < 4.78 is 0. The molecule has 0 spiro atoms. The summed E-state index contributed by atoms with van der Waals surface area (Å²) in [5.74, 6) is 0.489. The van der Waals surface area contributed by atoms with Gasteiger partial charge in [-0.2, -0.15) is 11.8 Å². The minimum absolute atomic E-state index is 0.0372. The number of aryl methyl sites for hydroxylation is 1. The molecule has 162 valence electrons. The molecule has 0 radical (unpaired) electrons. The molecule has 2 amide bonds. The summed E-state index contributed by atoms with van der Waals surface area (Å²) in [6, 6.07) is 17.3. The highest BCUT2D eigenvalue weighted by Crippen LogP contribution is 2.22. The highest BCUT2D eigenvalue weighted by atomic mass is 32.2. The van der Waals surface area contributed by atoms with E-state index in [-0.39, 0.29) is 17.2 Å². The molecular formula is C25H34N2O2S. The number of amides is 2. The van der Waals surface area contributed by atoms with Crippen LogP contribution in [0.5, 0.6) is 0 Å². The SMILES string of the molecule is CSCC[C@H](NC(=O)c1ccc(C(C)(C)C)cc1)C(=O)NCCCc1ccccc1. The first kappa shape index (κ1) is 24.0. The van der Waals surface area contributed by atoms with Crippen LogP contribution < -0.4 is 10.6 Å². The highest BCUT2D eigenvalue weighted by Gasteiger charge is 2.21. The normalized spacial score (nSPS) is 12.3. The minimum Gasteiger partial charge on any atom is -0.354 e. The van der Waals surface area contributed by atoms with Crippen molar-refractivity contribution in [2.45, 2.75) is 51.5 Å². The van der Waals surface area contributed by atoms with Crippen LogP contribution >= 0.6 is 11.8 Å². The molecule has 1 atom stereocenters. The van der Waals surface area contributed by atoms with Crippen LogP contribution in [0.4, 0.5) is 0 Å². The molecule has 0 bridgehead atoms. The number of thioether (sulfide) groups is 1. The molecule has 0 heterocycles. The largest absolute Gasteiger partial charge is 0.354 e. The zero-order valence-corrected chi connectivity index (χ0v) is 19.4. The summed E-state index contributed by atoms with van der Waals surface area (Å²) >= 11 is 1.67. The van der Waals surface area contributed by atoms with Crippen LogP contribution in [0.2, 0.25) is 0 Å². The molecule has 0 aliphatic heterocycles. The molecule has 4 nitrogen and oxygen atoms in total. The van der Waals surface area contributed by atoms with Gasteiger partial charge in [0.1, 0.15) is 6.04 Å². The van der Waals surface area contributed by atoms with Crippen LogP contribution in [0.25, 0.3) is 0 Å². The van der Waals surface area contributed by atoms with E-state index in [1.165, 1.54) is 11.1 Å². The maximum Gasteiger partial charge on any atom is 0.251 e. The third-order valence-corrected chi connectivity index (χ3v) is 5.67. The quantitative estimate of drug-likeness (QED) is 0.547. The Kier molecular flexibility index (Phi) is 9.44. The monoisotopic (exact) mass is 426 g/mol. The van der Waals surface area contributed by atoms with Gasteiger partial charge in [0.2, 0.25) is 5.91 Å². The zero-order chi connectivity index (χ0) is 22.0. The van der Waals surface area contributed by atoms with E-state index in [2.05, 4.69) is 43.5 Å². The van der Waals surface area contributed by atoms with Gasteiger partial charge in [0.15, 0.2) is 0 Å². The first-order valence-corrected chi connectivity index (χ1v) is 11.9. The second-order valence-electron chi connectivity index (χ2n) is 8.52. The third-order valence-electron chi connectivity index (χ3n) is 5.03. The number of carbonyl (C=O) groups is 2. The fraction of sp³-hybridized carbons (Fsp3) is 0.440. The van der Waals surface area contributed by atoms with Crippen LogP contribution in [-0.2, 0) is 16.6 Å². The molecule has 0 unspecified atom stereocenters. The molecule has 5 heteroatoms. The van der Waals surface area contributed by atoms with E-state index < -0.39 is 6.04 Å². The third kappa shape index (κ3) is 7.86. The fourth-order valence-electron chi connectivity index (χ4n) is 3.14. The Morgan fingerprint density at radius 1 is 1.00 bits per heavy atom. The number of nitrogens with one attached hydrogen (secondary N) is 2.